The van der Waals surface area contributed by atoms with Crippen LogP contribution >= 0.6 is 0 Å². The lowest BCUT2D eigenvalue weighted by molar-refractivity contribution is -0.00539. The average Bonchev–Trinajstić information content (AvgIpc) is 3.03. The molecule has 1 fully saturated rings. The van der Waals surface area contributed by atoms with Gasteiger partial charge >= 0.3 is 0 Å². The first kappa shape index (κ1) is 18.4. The van der Waals surface area contributed by atoms with Crippen LogP contribution in [0.1, 0.15) is 30.2 Å². The zero-order valence-corrected chi connectivity index (χ0v) is 15.1. The van der Waals surface area contributed by atoms with E-state index < -0.39 is 5.91 Å². The van der Waals surface area contributed by atoms with E-state index in [0.29, 0.717) is 30.2 Å². The summed E-state index contributed by atoms with van der Waals surface area (Å²) in [7, 11) is 1.54. The van der Waals surface area contributed by atoms with Crippen molar-refractivity contribution >= 4 is 17.3 Å². The van der Waals surface area contributed by atoms with Gasteiger partial charge in [-0.05, 0) is 44.2 Å². The quantitative estimate of drug-likeness (QED) is 0.883. The molecule has 26 heavy (non-hydrogen) atoms. The lowest BCUT2D eigenvalue weighted by atomic mass is 10.2. The van der Waals surface area contributed by atoms with Crippen molar-refractivity contribution in [3.8, 4) is 0 Å². The van der Waals surface area contributed by atoms with Crippen LogP contribution in [0.5, 0.6) is 0 Å². The van der Waals surface area contributed by atoms with Crippen molar-refractivity contribution in [3.63, 3.8) is 0 Å². The molecule has 1 aliphatic rings. The molecule has 0 unspecified atom stereocenters. The van der Waals surface area contributed by atoms with Crippen molar-refractivity contribution in [2.75, 3.05) is 30.4 Å². The molecule has 3 rings (SSSR count). The van der Waals surface area contributed by atoms with E-state index in [1.54, 1.807) is 31.4 Å². The van der Waals surface area contributed by atoms with Crippen LogP contribution in [-0.2, 0) is 16.1 Å². The number of nitrogens with one attached hydrogen (secondary N) is 1. The number of furan rings is 1. The summed E-state index contributed by atoms with van der Waals surface area (Å²) in [4.78, 5) is 14.2. The first-order valence-electron chi connectivity index (χ1n) is 8.55. The topological polar surface area (TPSA) is 63.9 Å². The predicted molar refractivity (Wildman–Crippen MR) is 96.0 cm³/mol. The predicted octanol–water partition coefficient (Wildman–Crippen LogP) is 3.43. The number of carbonyl (C=O) groups is 1. The highest BCUT2D eigenvalue weighted by molar-refractivity contribution is 6.02. The zero-order chi connectivity index (χ0) is 18.7. The van der Waals surface area contributed by atoms with Crippen LogP contribution in [0.25, 0.3) is 0 Å². The van der Waals surface area contributed by atoms with Crippen LogP contribution < -0.4 is 10.2 Å². The molecule has 2 aromatic rings. The normalized spacial score (nSPS) is 20.2. The maximum absolute atomic E-state index is 14.6. The summed E-state index contributed by atoms with van der Waals surface area (Å²) in [5.41, 5.74) is 0.876. The molecule has 0 radical (unpaired) electrons. The Kier molecular flexibility index (Phi) is 5.58. The Morgan fingerprint density at radius 3 is 2.65 bits per heavy atom. The molecule has 0 aliphatic carbocycles. The number of methoxy groups -OCH3 is 1. The molecule has 1 aromatic heterocycles. The van der Waals surface area contributed by atoms with E-state index >= 15 is 0 Å². The number of amides is 1. The van der Waals surface area contributed by atoms with Crippen LogP contribution in [-0.4, -0.2) is 38.3 Å². The van der Waals surface area contributed by atoms with Gasteiger partial charge < -0.3 is 24.1 Å². The summed E-state index contributed by atoms with van der Waals surface area (Å²) in [6.45, 7) is 5.48. The van der Waals surface area contributed by atoms with Crippen molar-refractivity contribution in [2.45, 2.75) is 32.7 Å². The molecular weight excluding hydrogens is 339 g/mol. The lowest BCUT2D eigenvalue weighted by Gasteiger charge is -2.37. The van der Waals surface area contributed by atoms with Gasteiger partial charge in [-0.15, -0.1) is 0 Å². The first-order chi connectivity index (χ1) is 12.5. The summed E-state index contributed by atoms with van der Waals surface area (Å²) >= 11 is 0. The number of hydrogen-bond acceptors (Lipinski definition) is 5. The number of anilines is 2. The molecule has 1 aromatic carbocycles. The fourth-order valence-electron chi connectivity index (χ4n) is 3.13. The monoisotopic (exact) mass is 362 g/mol. The van der Waals surface area contributed by atoms with E-state index in [-0.39, 0.29) is 30.4 Å². The number of benzene rings is 1. The highest BCUT2D eigenvalue weighted by atomic mass is 19.1. The van der Waals surface area contributed by atoms with Crippen LogP contribution in [0, 0.1) is 5.82 Å². The van der Waals surface area contributed by atoms with Gasteiger partial charge in [0.25, 0.3) is 5.91 Å². The van der Waals surface area contributed by atoms with Gasteiger partial charge in [-0.2, -0.15) is 0 Å². The lowest BCUT2D eigenvalue weighted by Crippen LogP contribution is -2.45. The largest absolute Gasteiger partial charge is 0.453 e. The van der Waals surface area contributed by atoms with Crippen LogP contribution in [0.4, 0.5) is 15.8 Å². The SMILES string of the molecule is COCc1ccc(C(=O)Nc2ccc(N3C[C@H](C)O[C@@H](C)C3)c(F)c2)o1. The standard InChI is InChI=1S/C19H23FN2O4/c1-12-9-22(10-13(2)25-12)17-6-4-14(8-16(17)20)21-19(23)18-7-5-15(26-18)11-24-3/h4-8,12-13H,9-11H2,1-3H3,(H,21,23)/t12-,13-/m0/s1. The minimum Gasteiger partial charge on any atom is -0.453 e. The summed E-state index contributed by atoms with van der Waals surface area (Å²) < 4.78 is 30.6. The Balaban J connectivity index is 1.69. The van der Waals surface area contributed by atoms with E-state index in [9.17, 15) is 9.18 Å². The Labute approximate surface area is 151 Å². The van der Waals surface area contributed by atoms with Crippen LogP contribution in [0.2, 0.25) is 0 Å². The molecule has 0 saturated carbocycles. The second kappa shape index (κ2) is 7.88. The van der Waals surface area contributed by atoms with Crippen molar-refractivity contribution in [2.24, 2.45) is 0 Å². The van der Waals surface area contributed by atoms with Gasteiger partial charge in [0.15, 0.2) is 5.76 Å². The molecule has 2 heterocycles. The fraction of sp³-hybridized carbons (Fsp3) is 0.421. The van der Waals surface area contributed by atoms with Crippen molar-refractivity contribution in [1.29, 1.82) is 0 Å². The molecule has 6 nitrogen and oxygen atoms in total. The van der Waals surface area contributed by atoms with Gasteiger partial charge in [-0.3, -0.25) is 4.79 Å². The minimum atomic E-state index is -0.437. The van der Waals surface area contributed by atoms with Gasteiger partial charge in [0, 0.05) is 25.9 Å². The third-order valence-electron chi connectivity index (χ3n) is 4.14. The molecule has 0 bridgehead atoms. The average molecular weight is 362 g/mol. The molecule has 0 spiro atoms. The summed E-state index contributed by atoms with van der Waals surface area (Å²) in [6, 6.07) is 7.90. The van der Waals surface area contributed by atoms with E-state index in [1.807, 2.05) is 18.7 Å². The second-order valence-electron chi connectivity index (χ2n) is 6.48. The number of morpholine rings is 1. The van der Waals surface area contributed by atoms with Gasteiger partial charge in [0.1, 0.15) is 18.2 Å². The molecule has 140 valence electrons. The van der Waals surface area contributed by atoms with Gasteiger partial charge in [-0.25, -0.2) is 4.39 Å². The first-order valence-corrected chi connectivity index (χ1v) is 8.55. The second-order valence-corrected chi connectivity index (χ2v) is 6.48. The Morgan fingerprint density at radius 1 is 1.27 bits per heavy atom. The van der Waals surface area contributed by atoms with E-state index in [4.69, 9.17) is 13.9 Å². The maximum Gasteiger partial charge on any atom is 0.291 e. The number of ether oxygens (including phenoxy) is 2. The number of rotatable bonds is 5. The third kappa shape index (κ3) is 4.23. The molecule has 2 atom stereocenters. The maximum atomic E-state index is 14.6. The number of nitrogens with zero attached hydrogens (tertiary/aromatic N) is 1. The minimum absolute atomic E-state index is 0.0396. The number of halogens is 1. The van der Waals surface area contributed by atoms with E-state index in [0.717, 1.165) is 0 Å². The van der Waals surface area contributed by atoms with Gasteiger partial charge in [-0.1, -0.05) is 0 Å². The van der Waals surface area contributed by atoms with Crippen LogP contribution in [0.3, 0.4) is 0 Å². The van der Waals surface area contributed by atoms with Crippen molar-refractivity contribution in [1.82, 2.24) is 0 Å². The van der Waals surface area contributed by atoms with Gasteiger partial charge in [0.2, 0.25) is 0 Å². The number of hydrogen-bond donors (Lipinski definition) is 1. The zero-order valence-electron chi connectivity index (χ0n) is 15.1. The Hall–Kier alpha value is -2.38. The van der Waals surface area contributed by atoms with E-state index in [2.05, 4.69) is 5.32 Å². The Bertz CT molecular complexity index is 767. The molecule has 1 aliphatic heterocycles. The molecule has 1 amide bonds. The van der Waals surface area contributed by atoms with Crippen LogP contribution in [0.15, 0.2) is 34.7 Å². The highest BCUT2D eigenvalue weighted by Gasteiger charge is 2.24. The smallest absolute Gasteiger partial charge is 0.291 e. The molecule has 1 saturated heterocycles. The Morgan fingerprint density at radius 2 is 2.00 bits per heavy atom. The third-order valence-corrected chi connectivity index (χ3v) is 4.14. The number of carbonyl (C=O) groups excluding carboxylic acids is 1. The van der Waals surface area contributed by atoms with Crippen molar-refractivity contribution < 1.29 is 23.1 Å². The van der Waals surface area contributed by atoms with Gasteiger partial charge in [0.05, 0.1) is 17.9 Å². The van der Waals surface area contributed by atoms with Crippen molar-refractivity contribution in [3.05, 3.63) is 47.7 Å². The summed E-state index contributed by atoms with van der Waals surface area (Å²) in [5.74, 6) is -0.121. The fourth-order valence-corrected chi connectivity index (χ4v) is 3.13. The molecular formula is C19H23FN2O4. The summed E-state index contributed by atoms with van der Waals surface area (Å²) in [6.07, 6.45) is 0.0792. The molecule has 7 heteroatoms. The highest BCUT2D eigenvalue weighted by Crippen LogP contribution is 2.26. The summed E-state index contributed by atoms with van der Waals surface area (Å²) in [5, 5.41) is 2.65. The molecule has 1 N–H and O–H groups in total. The van der Waals surface area contributed by atoms with E-state index in [1.165, 1.54) is 6.07 Å².